The first-order valence-electron chi connectivity index (χ1n) is 8.55. The fourth-order valence-electron chi connectivity index (χ4n) is 4.20. The van der Waals surface area contributed by atoms with Crippen LogP contribution in [0.4, 0.5) is 10.1 Å². The SMILES string of the molecule is Cc1ccc2c(c1)[C@@H]1C[NH+](C)CC[C@H]1N2C(=O)c1ccc(F)cc1. The van der Waals surface area contributed by atoms with Crippen molar-refractivity contribution in [2.45, 2.75) is 25.3 Å². The average Bonchev–Trinajstić information content (AvgIpc) is 2.88. The maximum Gasteiger partial charge on any atom is 0.258 e. The predicted octanol–water partition coefficient (Wildman–Crippen LogP) is 2.17. The first kappa shape index (κ1) is 15.3. The van der Waals surface area contributed by atoms with Crippen LogP contribution in [0.3, 0.4) is 0 Å². The van der Waals surface area contributed by atoms with E-state index >= 15 is 0 Å². The maximum atomic E-state index is 13.2. The molecule has 3 nitrogen and oxygen atoms in total. The first-order chi connectivity index (χ1) is 11.5. The molecule has 124 valence electrons. The third-order valence-corrected chi connectivity index (χ3v) is 5.38. The molecule has 0 radical (unpaired) electrons. The zero-order valence-electron chi connectivity index (χ0n) is 14.1. The molecule has 4 rings (SSSR count). The molecule has 2 aliphatic rings. The largest absolute Gasteiger partial charge is 0.337 e. The lowest BCUT2D eigenvalue weighted by Crippen LogP contribution is -3.11. The number of hydrogen-bond acceptors (Lipinski definition) is 1. The van der Waals surface area contributed by atoms with Crippen molar-refractivity contribution in [2.24, 2.45) is 0 Å². The second-order valence-corrected chi connectivity index (χ2v) is 7.12. The third kappa shape index (κ3) is 2.42. The summed E-state index contributed by atoms with van der Waals surface area (Å²) in [6.07, 6.45) is 0.997. The van der Waals surface area contributed by atoms with Crippen LogP contribution in [0.5, 0.6) is 0 Å². The molecule has 2 aliphatic heterocycles. The minimum atomic E-state index is -0.315. The van der Waals surface area contributed by atoms with E-state index in [2.05, 4.69) is 32.2 Å². The molecule has 2 heterocycles. The average molecular weight is 325 g/mol. The Morgan fingerprint density at radius 2 is 1.96 bits per heavy atom. The molecule has 1 fully saturated rings. The van der Waals surface area contributed by atoms with Gasteiger partial charge < -0.3 is 9.80 Å². The number of hydrogen-bond donors (Lipinski definition) is 1. The standard InChI is InChI=1S/C20H21FN2O/c1-13-3-8-18-16(11-13)17-12-22(2)10-9-19(17)23(18)20(24)14-4-6-15(21)7-5-14/h3-8,11,17,19H,9-10,12H2,1-2H3/p+1/t17-,19+/m0/s1. The smallest absolute Gasteiger partial charge is 0.258 e. The molecule has 0 saturated carbocycles. The van der Waals surface area contributed by atoms with E-state index in [1.165, 1.54) is 28.2 Å². The van der Waals surface area contributed by atoms with Gasteiger partial charge in [-0.1, -0.05) is 17.7 Å². The Morgan fingerprint density at radius 3 is 2.71 bits per heavy atom. The highest BCUT2D eigenvalue weighted by atomic mass is 19.1. The highest BCUT2D eigenvalue weighted by Gasteiger charge is 2.45. The summed E-state index contributed by atoms with van der Waals surface area (Å²) in [7, 11) is 2.22. The topological polar surface area (TPSA) is 24.8 Å². The van der Waals surface area contributed by atoms with Crippen LogP contribution in [0.2, 0.25) is 0 Å². The number of benzene rings is 2. The van der Waals surface area contributed by atoms with Gasteiger partial charge in [-0.05, 0) is 42.8 Å². The number of halogens is 1. The summed E-state index contributed by atoms with van der Waals surface area (Å²) in [6.45, 7) is 4.22. The van der Waals surface area contributed by atoms with Crippen molar-refractivity contribution in [3.8, 4) is 0 Å². The van der Waals surface area contributed by atoms with Gasteiger partial charge in [0.05, 0.1) is 32.1 Å². The van der Waals surface area contributed by atoms with E-state index in [1.54, 1.807) is 12.1 Å². The van der Waals surface area contributed by atoms with Gasteiger partial charge in [0.25, 0.3) is 5.91 Å². The third-order valence-electron chi connectivity index (χ3n) is 5.38. The summed E-state index contributed by atoms with van der Waals surface area (Å²) >= 11 is 0. The zero-order valence-corrected chi connectivity index (χ0v) is 14.1. The minimum Gasteiger partial charge on any atom is -0.337 e. The van der Waals surface area contributed by atoms with E-state index in [-0.39, 0.29) is 17.8 Å². The van der Waals surface area contributed by atoms with Crippen molar-refractivity contribution in [3.63, 3.8) is 0 Å². The molecule has 1 saturated heterocycles. The van der Waals surface area contributed by atoms with Gasteiger partial charge in [0.2, 0.25) is 0 Å². The van der Waals surface area contributed by atoms with Crippen molar-refractivity contribution in [2.75, 3.05) is 25.0 Å². The summed E-state index contributed by atoms with van der Waals surface area (Å²) in [5.74, 6) is 0.0509. The van der Waals surface area contributed by atoms with Crippen LogP contribution in [0.1, 0.15) is 33.8 Å². The normalized spacial score (nSPS) is 25.3. The van der Waals surface area contributed by atoms with Crippen LogP contribution >= 0.6 is 0 Å². The van der Waals surface area contributed by atoms with Gasteiger partial charge in [0.15, 0.2) is 0 Å². The number of piperidine rings is 1. The van der Waals surface area contributed by atoms with E-state index in [0.717, 1.165) is 25.2 Å². The second-order valence-electron chi connectivity index (χ2n) is 7.12. The van der Waals surface area contributed by atoms with E-state index in [0.29, 0.717) is 11.5 Å². The fraction of sp³-hybridized carbons (Fsp3) is 0.350. The van der Waals surface area contributed by atoms with Crippen LogP contribution < -0.4 is 9.80 Å². The number of aryl methyl sites for hydroxylation is 1. The van der Waals surface area contributed by atoms with Gasteiger partial charge in [-0.15, -0.1) is 0 Å². The van der Waals surface area contributed by atoms with Crippen molar-refractivity contribution >= 4 is 11.6 Å². The molecule has 2 aromatic rings. The molecule has 1 N–H and O–H groups in total. The number of likely N-dealkylation sites (tertiary alicyclic amines) is 1. The highest BCUT2D eigenvalue weighted by Crippen LogP contribution is 2.43. The highest BCUT2D eigenvalue weighted by molar-refractivity contribution is 6.08. The van der Waals surface area contributed by atoms with E-state index in [1.807, 2.05) is 4.90 Å². The molecule has 24 heavy (non-hydrogen) atoms. The number of quaternary nitrogens is 1. The monoisotopic (exact) mass is 325 g/mol. The van der Waals surface area contributed by atoms with Gasteiger partial charge in [-0.2, -0.15) is 0 Å². The summed E-state index contributed by atoms with van der Waals surface area (Å²) in [5.41, 5.74) is 4.09. The molecule has 3 atom stereocenters. The Kier molecular flexibility index (Phi) is 3.65. The van der Waals surface area contributed by atoms with Crippen molar-refractivity contribution in [1.29, 1.82) is 0 Å². The molecule has 1 amide bonds. The summed E-state index contributed by atoms with van der Waals surface area (Å²) in [4.78, 5) is 16.6. The minimum absolute atomic E-state index is 0.0212. The molecule has 2 aromatic carbocycles. The molecule has 4 heteroatoms. The van der Waals surface area contributed by atoms with Gasteiger partial charge in [0.1, 0.15) is 5.82 Å². The number of amides is 1. The van der Waals surface area contributed by atoms with Crippen LogP contribution in [-0.2, 0) is 0 Å². The molecule has 0 spiro atoms. The van der Waals surface area contributed by atoms with Crippen LogP contribution in [0.25, 0.3) is 0 Å². The Bertz CT molecular complexity index is 787. The number of rotatable bonds is 1. The number of likely N-dealkylation sites (N-methyl/N-ethyl adjacent to an activating group) is 1. The van der Waals surface area contributed by atoms with Crippen molar-refractivity contribution in [1.82, 2.24) is 0 Å². The lowest BCUT2D eigenvalue weighted by Gasteiger charge is -2.34. The molecule has 0 aromatic heterocycles. The first-order valence-corrected chi connectivity index (χ1v) is 8.55. The maximum absolute atomic E-state index is 13.2. The van der Waals surface area contributed by atoms with Crippen molar-refractivity contribution < 1.29 is 14.1 Å². The van der Waals surface area contributed by atoms with Gasteiger partial charge in [-0.25, -0.2) is 4.39 Å². The van der Waals surface area contributed by atoms with Crippen LogP contribution in [-0.4, -0.2) is 32.1 Å². The number of carbonyl (C=O) groups excluding carboxylic acids is 1. The lowest BCUT2D eigenvalue weighted by molar-refractivity contribution is -0.886. The quantitative estimate of drug-likeness (QED) is 0.854. The van der Waals surface area contributed by atoms with Crippen LogP contribution in [0, 0.1) is 12.7 Å². The summed E-state index contributed by atoms with van der Waals surface area (Å²) < 4.78 is 13.2. The number of nitrogens with zero attached hydrogens (tertiary/aromatic N) is 1. The van der Waals surface area contributed by atoms with E-state index in [4.69, 9.17) is 0 Å². The lowest BCUT2D eigenvalue weighted by atomic mass is 9.88. The van der Waals surface area contributed by atoms with Gasteiger partial charge in [-0.3, -0.25) is 4.79 Å². The molecular weight excluding hydrogens is 303 g/mol. The number of carbonyl (C=O) groups is 1. The number of anilines is 1. The van der Waals surface area contributed by atoms with Crippen molar-refractivity contribution in [3.05, 3.63) is 65.0 Å². The Balaban J connectivity index is 1.77. The fourth-order valence-corrected chi connectivity index (χ4v) is 4.20. The molecule has 0 aliphatic carbocycles. The van der Waals surface area contributed by atoms with E-state index in [9.17, 15) is 9.18 Å². The Labute approximate surface area is 141 Å². The second kappa shape index (κ2) is 5.71. The molecule has 0 bridgehead atoms. The van der Waals surface area contributed by atoms with E-state index < -0.39 is 0 Å². The predicted molar refractivity (Wildman–Crippen MR) is 92.2 cm³/mol. The molecule has 1 unspecified atom stereocenters. The Morgan fingerprint density at radius 1 is 1.21 bits per heavy atom. The summed E-state index contributed by atoms with van der Waals surface area (Å²) in [5, 5.41) is 0. The van der Waals surface area contributed by atoms with Gasteiger partial charge in [0, 0.05) is 17.7 Å². The van der Waals surface area contributed by atoms with Gasteiger partial charge >= 0.3 is 0 Å². The molecular formula is C20H22FN2O+. The Hall–Kier alpha value is -2.20. The summed E-state index contributed by atoms with van der Waals surface area (Å²) in [6, 6.07) is 12.5. The van der Waals surface area contributed by atoms with Crippen LogP contribution in [0.15, 0.2) is 42.5 Å². The number of nitrogens with one attached hydrogen (secondary N) is 1. The zero-order chi connectivity index (χ0) is 16.8. The number of fused-ring (bicyclic) bond motifs is 3.